The summed E-state index contributed by atoms with van der Waals surface area (Å²) in [6, 6.07) is 6.78. The van der Waals surface area contributed by atoms with Gasteiger partial charge in [0.05, 0.1) is 17.3 Å². The number of halogens is 1. The molecule has 22 heavy (non-hydrogen) atoms. The molecule has 0 atom stereocenters. The number of hydrogen-bond acceptors (Lipinski definition) is 3. The van der Waals surface area contributed by atoms with Crippen molar-refractivity contribution in [3.05, 3.63) is 40.9 Å². The molecule has 0 aliphatic heterocycles. The Morgan fingerprint density at radius 3 is 2.82 bits per heavy atom. The smallest absolute Gasteiger partial charge is 0.319 e. The van der Waals surface area contributed by atoms with Gasteiger partial charge in [-0.05, 0) is 25.0 Å². The van der Waals surface area contributed by atoms with Crippen molar-refractivity contribution in [3.63, 3.8) is 0 Å². The van der Waals surface area contributed by atoms with E-state index in [-0.39, 0.29) is 6.03 Å². The lowest BCUT2D eigenvalue weighted by atomic mass is 9.85. The number of para-hydroxylation sites is 1. The van der Waals surface area contributed by atoms with Crippen LogP contribution in [-0.2, 0) is 13.6 Å². The maximum atomic E-state index is 11.9. The van der Waals surface area contributed by atoms with E-state index in [1.807, 2.05) is 23.7 Å². The van der Waals surface area contributed by atoms with Gasteiger partial charge < -0.3 is 15.2 Å². The Balaban J connectivity index is 1.57. The highest BCUT2D eigenvalue weighted by atomic mass is 35.5. The zero-order chi connectivity index (χ0) is 15.5. The summed E-state index contributed by atoms with van der Waals surface area (Å²) >= 11 is 6.00. The number of nitrogens with zero attached hydrogens (tertiary/aromatic N) is 3. The summed E-state index contributed by atoms with van der Waals surface area (Å²) < 4.78 is 1.97. The second-order valence-electron chi connectivity index (χ2n) is 5.45. The first-order valence-corrected chi connectivity index (χ1v) is 7.70. The van der Waals surface area contributed by atoms with Gasteiger partial charge >= 0.3 is 6.03 Å². The van der Waals surface area contributed by atoms with E-state index in [1.54, 1.807) is 12.1 Å². The predicted octanol–water partition coefficient (Wildman–Crippen LogP) is 3.06. The molecular formula is C15H18ClN5O. The first-order valence-electron chi connectivity index (χ1n) is 7.32. The molecule has 1 aliphatic carbocycles. The number of hydrogen-bond donors (Lipinski definition) is 2. The van der Waals surface area contributed by atoms with Gasteiger partial charge in [-0.3, -0.25) is 0 Å². The van der Waals surface area contributed by atoms with E-state index in [2.05, 4.69) is 20.8 Å². The average Bonchev–Trinajstić information content (AvgIpc) is 2.79. The summed E-state index contributed by atoms with van der Waals surface area (Å²) in [7, 11) is 1.94. The van der Waals surface area contributed by atoms with Crippen molar-refractivity contribution in [3.8, 4) is 0 Å². The van der Waals surface area contributed by atoms with Crippen molar-refractivity contribution in [2.75, 3.05) is 5.32 Å². The van der Waals surface area contributed by atoms with E-state index in [0.29, 0.717) is 23.2 Å². The molecule has 0 spiro atoms. The average molecular weight is 320 g/mol. The standard InChI is InChI=1S/C15H18ClN5O/c1-21-13(19-20-14(21)10-5-4-6-10)9-17-15(22)18-12-8-3-2-7-11(12)16/h2-3,7-8,10H,4-6,9H2,1H3,(H2,17,18,22). The molecule has 6 nitrogen and oxygen atoms in total. The normalized spacial score (nSPS) is 14.5. The monoisotopic (exact) mass is 319 g/mol. The quantitative estimate of drug-likeness (QED) is 0.909. The summed E-state index contributed by atoms with van der Waals surface area (Å²) in [4.78, 5) is 11.9. The number of urea groups is 1. The Kier molecular flexibility index (Phi) is 4.29. The Labute approximate surface area is 133 Å². The Morgan fingerprint density at radius 2 is 2.14 bits per heavy atom. The van der Waals surface area contributed by atoms with Gasteiger partial charge in [-0.1, -0.05) is 30.2 Å². The first-order chi connectivity index (χ1) is 10.6. The molecule has 1 fully saturated rings. The number of rotatable bonds is 4. The van der Waals surface area contributed by atoms with Crippen LogP contribution in [0.15, 0.2) is 24.3 Å². The van der Waals surface area contributed by atoms with Crippen molar-refractivity contribution in [1.82, 2.24) is 20.1 Å². The van der Waals surface area contributed by atoms with E-state index < -0.39 is 0 Å². The molecular weight excluding hydrogens is 302 g/mol. The van der Waals surface area contributed by atoms with Crippen LogP contribution in [0.4, 0.5) is 10.5 Å². The van der Waals surface area contributed by atoms with Crippen LogP contribution in [0.2, 0.25) is 5.02 Å². The highest BCUT2D eigenvalue weighted by Gasteiger charge is 2.25. The molecule has 1 heterocycles. The molecule has 116 valence electrons. The third-order valence-electron chi connectivity index (χ3n) is 4.00. The molecule has 0 saturated heterocycles. The van der Waals surface area contributed by atoms with Crippen molar-refractivity contribution < 1.29 is 4.79 Å². The highest BCUT2D eigenvalue weighted by Crippen LogP contribution is 2.35. The molecule has 0 bridgehead atoms. The van der Waals surface area contributed by atoms with Crippen LogP contribution in [0.5, 0.6) is 0 Å². The van der Waals surface area contributed by atoms with Crippen LogP contribution >= 0.6 is 11.6 Å². The molecule has 0 unspecified atom stereocenters. The minimum Gasteiger partial charge on any atom is -0.331 e. The number of nitrogens with one attached hydrogen (secondary N) is 2. The van der Waals surface area contributed by atoms with Crippen molar-refractivity contribution in [1.29, 1.82) is 0 Å². The molecule has 1 aliphatic rings. The number of aromatic nitrogens is 3. The summed E-state index contributed by atoms with van der Waals surface area (Å²) in [6.07, 6.45) is 3.60. The van der Waals surface area contributed by atoms with Gasteiger partial charge in [0, 0.05) is 13.0 Å². The molecule has 2 N–H and O–H groups in total. The zero-order valence-electron chi connectivity index (χ0n) is 12.3. The summed E-state index contributed by atoms with van der Waals surface area (Å²) in [5.74, 6) is 2.27. The molecule has 3 rings (SSSR count). The molecule has 2 amide bonds. The van der Waals surface area contributed by atoms with E-state index in [0.717, 1.165) is 11.6 Å². The molecule has 1 saturated carbocycles. The number of carbonyl (C=O) groups is 1. The van der Waals surface area contributed by atoms with Gasteiger partial charge in [0.25, 0.3) is 0 Å². The van der Waals surface area contributed by atoms with Crippen LogP contribution in [0.25, 0.3) is 0 Å². The SMILES string of the molecule is Cn1c(CNC(=O)Nc2ccccc2Cl)nnc1C1CCC1. The Morgan fingerprint density at radius 1 is 1.36 bits per heavy atom. The van der Waals surface area contributed by atoms with Gasteiger partial charge in [-0.2, -0.15) is 0 Å². The summed E-state index contributed by atoms with van der Waals surface area (Å²) in [5, 5.41) is 14.4. The Bertz CT molecular complexity index is 680. The lowest BCUT2D eigenvalue weighted by Crippen LogP contribution is -2.29. The van der Waals surface area contributed by atoms with E-state index in [4.69, 9.17) is 11.6 Å². The van der Waals surface area contributed by atoms with Gasteiger partial charge in [-0.25, -0.2) is 4.79 Å². The predicted molar refractivity (Wildman–Crippen MR) is 84.9 cm³/mol. The zero-order valence-corrected chi connectivity index (χ0v) is 13.1. The first kappa shape index (κ1) is 14.8. The largest absolute Gasteiger partial charge is 0.331 e. The van der Waals surface area contributed by atoms with Crippen LogP contribution < -0.4 is 10.6 Å². The summed E-state index contributed by atoms with van der Waals surface area (Å²) in [6.45, 7) is 0.326. The van der Waals surface area contributed by atoms with E-state index in [1.165, 1.54) is 19.3 Å². The van der Waals surface area contributed by atoms with Crippen LogP contribution in [0, 0.1) is 0 Å². The maximum Gasteiger partial charge on any atom is 0.319 e. The van der Waals surface area contributed by atoms with Gasteiger partial charge in [0.1, 0.15) is 5.82 Å². The number of carbonyl (C=O) groups excluding carboxylic acids is 1. The third kappa shape index (κ3) is 3.06. The van der Waals surface area contributed by atoms with Crippen LogP contribution in [0.1, 0.15) is 36.8 Å². The molecule has 1 aromatic carbocycles. The van der Waals surface area contributed by atoms with E-state index >= 15 is 0 Å². The Hall–Kier alpha value is -2.08. The molecule has 0 radical (unpaired) electrons. The number of amides is 2. The minimum absolute atomic E-state index is 0.318. The van der Waals surface area contributed by atoms with Crippen molar-refractivity contribution in [2.24, 2.45) is 7.05 Å². The molecule has 7 heteroatoms. The fraction of sp³-hybridized carbons (Fsp3) is 0.400. The maximum absolute atomic E-state index is 11.9. The third-order valence-corrected chi connectivity index (χ3v) is 4.33. The number of benzene rings is 1. The fourth-order valence-electron chi connectivity index (χ4n) is 2.44. The lowest BCUT2D eigenvalue weighted by molar-refractivity contribution is 0.251. The molecule has 2 aromatic rings. The number of anilines is 1. The van der Waals surface area contributed by atoms with Gasteiger partial charge in [0.2, 0.25) is 0 Å². The van der Waals surface area contributed by atoms with Crippen LogP contribution in [-0.4, -0.2) is 20.8 Å². The topological polar surface area (TPSA) is 71.8 Å². The van der Waals surface area contributed by atoms with Gasteiger partial charge in [0.15, 0.2) is 5.82 Å². The van der Waals surface area contributed by atoms with E-state index in [9.17, 15) is 4.79 Å². The lowest BCUT2D eigenvalue weighted by Gasteiger charge is -2.24. The minimum atomic E-state index is -0.318. The fourth-order valence-corrected chi connectivity index (χ4v) is 2.62. The van der Waals surface area contributed by atoms with Crippen molar-refractivity contribution >= 4 is 23.3 Å². The second kappa shape index (κ2) is 6.36. The van der Waals surface area contributed by atoms with Crippen molar-refractivity contribution in [2.45, 2.75) is 31.7 Å². The summed E-state index contributed by atoms with van der Waals surface area (Å²) in [5.41, 5.74) is 0.579. The second-order valence-corrected chi connectivity index (χ2v) is 5.86. The molecule has 1 aromatic heterocycles. The van der Waals surface area contributed by atoms with Crippen LogP contribution in [0.3, 0.4) is 0 Å². The highest BCUT2D eigenvalue weighted by molar-refractivity contribution is 6.33. The van der Waals surface area contributed by atoms with Gasteiger partial charge in [-0.15, -0.1) is 10.2 Å².